The van der Waals surface area contributed by atoms with Crippen LogP contribution in [-0.2, 0) is 24.1 Å². The van der Waals surface area contributed by atoms with Crippen molar-refractivity contribution in [3.63, 3.8) is 0 Å². The third-order valence-corrected chi connectivity index (χ3v) is 11.1. The van der Waals surface area contributed by atoms with Crippen molar-refractivity contribution >= 4 is 35.3 Å². The molecule has 2 aromatic heterocycles. The lowest BCUT2D eigenvalue weighted by atomic mass is 9.97. The maximum Gasteiger partial charge on any atom is 0.407 e. The van der Waals surface area contributed by atoms with Crippen molar-refractivity contribution in [1.29, 1.82) is 0 Å². The van der Waals surface area contributed by atoms with Crippen LogP contribution in [0.5, 0.6) is 0 Å². The molecule has 2 fully saturated rings. The van der Waals surface area contributed by atoms with E-state index in [0.717, 1.165) is 83.6 Å². The molecule has 0 unspecified atom stereocenters. The number of ether oxygens (including phenoxy) is 1. The minimum atomic E-state index is -0.679. The van der Waals surface area contributed by atoms with Crippen LogP contribution < -0.4 is 5.32 Å². The highest BCUT2D eigenvalue weighted by Crippen LogP contribution is 2.35. The van der Waals surface area contributed by atoms with E-state index in [0.29, 0.717) is 13.1 Å². The van der Waals surface area contributed by atoms with E-state index in [1.807, 2.05) is 86.2 Å². The SMILES string of the molecule is CC[C@H](C)[C@H](N=COOC)C(=O)N1CCC[C@H]1c1ncc(-c2ccc(C#Cc3ccc4nc([C@@H]5CCCN5C(=O)[C@@H](NC(=O)OC)[C@@H](C)CC)[nH]c4c3)cc2)[nH]1. The molecule has 2 aliphatic heterocycles. The van der Waals surface area contributed by atoms with E-state index < -0.39 is 18.2 Å². The molecular formula is C42H52N8O6. The lowest BCUT2D eigenvalue weighted by molar-refractivity contribution is -0.188. The van der Waals surface area contributed by atoms with Gasteiger partial charge in [-0.15, -0.1) is 0 Å². The lowest BCUT2D eigenvalue weighted by Gasteiger charge is -2.30. The number of nitrogens with one attached hydrogen (secondary N) is 3. The topological polar surface area (TPSA) is 167 Å². The standard InChI is InChI=1S/C42H52N8O6/c1-7-26(3)36(44-25-56-55-6)40(51)49-21-9-11-34(49)38-43-24-33(47-38)30-18-15-28(16-19-30)13-14-29-17-20-31-32(23-29)46-39(45-31)35-12-10-22-50(35)41(52)37(27(4)8-2)48-42(53)54-5/h15-20,23-27,34-37H,7-12,21-22H2,1-6H3,(H,43,47)(H,45,46)(H,48,53)/t26-,27-,34-,35-,36-,37-/m0/s1. The first kappa shape index (κ1) is 40.0. The van der Waals surface area contributed by atoms with Crippen LogP contribution in [-0.4, -0.2) is 93.4 Å². The number of hydrogen-bond acceptors (Lipinski definition) is 9. The number of imidazole rings is 2. The fraction of sp³-hybridized carbons (Fsp3) is 0.476. The number of aromatic nitrogens is 4. The van der Waals surface area contributed by atoms with Crippen molar-refractivity contribution in [2.75, 3.05) is 27.3 Å². The van der Waals surface area contributed by atoms with Crippen molar-refractivity contribution in [3.05, 3.63) is 71.4 Å². The molecule has 296 valence electrons. The van der Waals surface area contributed by atoms with E-state index in [9.17, 15) is 14.4 Å². The molecule has 14 heteroatoms. The van der Waals surface area contributed by atoms with E-state index >= 15 is 0 Å². The minimum Gasteiger partial charge on any atom is -0.453 e. The number of nitrogens with zero attached hydrogens (tertiary/aromatic N) is 5. The van der Waals surface area contributed by atoms with Crippen LogP contribution in [0.15, 0.2) is 53.7 Å². The minimum absolute atomic E-state index is 0.0368. The normalized spacial score (nSPS) is 19.0. The zero-order chi connectivity index (χ0) is 39.8. The highest BCUT2D eigenvalue weighted by molar-refractivity contribution is 5.87. The Labute approximate surface area is 327 Å². The molecule has 0 aliphatic carbocycles. The Kier molecular flexibility index (Phi) is 13.1. The molecule has 0 saturated carbocycles. The molecule has 0 spiro atoms. The summed E-state index contributed by atoms with van der Waals surface area (Å²) in [6.45, 7) is 9.24. The van der Waals surface area contributed by atoms with Crippen molar-refractivity contribution in [2.24, 2.45) is 16.8 Å². The third-order valence-electron chi connectivity index (χ3n) is 11.1. The molecule has 2 saturated heterocycles. The van der Waals surface area contributed by atoms with Crippen molar-refractivity contribution in [2.45, 2.75) is 90.4 Å². The number of methoxy groups -OCH3 is 1. The number of aromatic amines is 2. The third kappa shape index (κ3) is 8.89. The van der Waals surface area contributed by atoms with Gasteiger partial charge in [-0.25, -0.2) is 19.8 Å². The molecule has 0 bridgehead atoms. The number of H-pyrrole nitrogens is 2. The van der Waals surface area contributed by atoms with Gasteiger partial charge in [-0.05, 0) is 73.4 Å². The Morgan fingerprint density at radius 2 is 1.57 bits per heavy atom. The molecular weight excluding hydrogens is 713 g/mol. The smallest absolute Gasteiger partial charge is 0.407 e. The average molecular weight is 765 g/mol. The Morgan fingerprint density at radius 3 is 2.25 bits per heavy atom. The molecule has 3 N–H and O–H groups in total. The van der Waals surface area contributed by atoms with Gasteiger partial charge >= 0.3 is 6.09 Å². The van der Waals surface area contributed by atoms with Crippen LogP contribution in [0.25, 0.3) is 22.3 Å². The summed E-state index contributed by atoms with van der Waals surface area (Å²) in [5.74, 6) is 7.83. The zero-order valence-electron chi connectivity index (χ0n) is 33.0. The number of likely N-dealkylation sites (tertiary alicyclic amines) is 2. The van der Waals surface area contributed by atoms with Gasteiger partial charge in [0.25, 0.3) is 0 Å². The molecule has 3 amide bonds. The summed E-state index contributed by atoms with van der Waals surface area (Å²) in [7, 11) is 2.70. The van der Waals surface area contributed by atoms with E-state index in [1.165, 1.54) is 20.6 Å². The number of fused-ring (bicyclic) bond motifs is 1. The van der Waals surface area contributed by atoms with E-state index in [1.54, 1.807) is 0 Å². The highest BCUT2D eigenvalue weighted by atomic mass is 17.2. The second-order valence-electron chi connectivity index (χ2n) is 14.6. The van der Waals surface area contributed by atoms with Crippen molar-refractivity contribution < 1.29 is 28.9 Å². The molecule has 2 aromatic carbocycles. The fourth-order valence-corrected chi connectivity index (χ4v) is 7.45. The zero-order valence-corrected chi connectivity index (χ0v) is 33.0. The number of aliphatic imine (C=N–C) groups is 1. The van der Waals surface area contributed by atoms with Gasteiger partial charge in [-0.3, -0.25) is 9.59 Å². The second kappa shape index (κ2) is 18.3. The van der Waals surface area contributed by atoms with Gasteiger partial charge in [0, 0.05) is 24.2 Å². The first-order chi connectivity index (χ1) is 27.1. The van der Waals surface area contributed by atoms with E-state index in [4.69, 9.17) is 19.6 Å². The molecule has 14 nitrogen and oxygen atoms in total. The molecule has 2 aliphatic rings. The summed E-state index contributed by atoms with van der Waals surface area (Å²) in [4.78, 5) is 73.4. The molecule has 4 heterocycles. The van der Waals surface area contributed by atoms with Crippen LogP contribution in [0.3, 0.4) is 0 Å². The van der Waals surface area contributed by atoms with Gasteiger partial charge in [0.1, 0.15) is 23.7 Å². The maximum atomic E-state index is 13.7. The number of alkyl carbamates (subject to hydrolysis) is 1. The summed E-state index contributed by atoms with van der Waals surface area (Å²) in [6.07, 6.45) is 7.25. The number of hydrogen-bond donors (Lipinski definition) is 3. The second-order valence-corrected chi connectivity index (χ2v) is 14.6. The van der Waals surface area contributed by atoms with Gasteiger partial charge in [-0.1, -0.05) is 64.5 Å². The van der Waals surface area contributed by atoms with Crippen LogP contribution >= 0.6 is 0 Å². The Hall–Kier alpha value is -5.68. The van der Waals surface area contributed by atoms with Crippen LogP contribution in [0, 0.1) is 23.7 Å². The highest BCUT2D eigenvalue weighted by Gasteiger charge is 2.39. The Bertz CT molecular complexity index is 2080. The lowest BCUT2D eigenvalue weighted by Crippen LogP contribution is -2.51. The number of rotatable bonds is 13. The van der Waals surface area contributed by atoms with Crippen molar-refractivity contribution in [3.8, 4) is 23.1 Å². The van der Waals surface area contributed by atoms with Gasteiger partial charge in [0.05, 0.1) is 49.2 Å². The predicted molar refractivity (Wildman–Crippen MR) is 212 cm³/mol. The largest absolute Gasteiger partial charge is 0.453 e. The fourth-order valence-electron chi connectivity index (χ4n) is 7.45. The summed E-state index contributed by atoms with van der Waals surface area (Å²) in [6, 6.07) is 12.2. The van der Waals surface area contributed by atoms with Crippen molar-refractivity contribution in [1.82, 2.24) is 35.1 Å². The average Bonchev–Trinajstić information content (AvgIpc) is 4.06. The number of carbonyl (C=O) groups is 3. The first-order valence-electron chi connectivity index (χ1n) is 19.5. The number of amides is 3. The monoisotopic (exact) mass is 764 g/mol. The van der Waals surface area contributed by atoms with E-state index in [2.05, 4.69) is 37.0 Å². The van der Waals surface area contributed by atoms with Crippen LogP contribution in [0.2, 0.25) is 0 Å². The molecule has 4 aromatic rings. The Balaban J connectivity index is 1.12. The van der Waals surface area contributed by atoms with Gasteiger partial charge in [-0.2, -0.15) is 4.89 Å². The predicted octanol–water partition coefficient (Wildman–Crippen LogP) is 6.47. The van der Waals surface area contributed by atoms with E-state index in [-0.39, 0.29) is 35.7 Å². The summed E-state index contributed by atoms with van der Waals surface area (Å²) >= 11 is 0. The summed E-state index contributed by atoms with van der Waals surface area (Å²) in [5, 5.41) is 2.74. The van der Waals surface area contributed by atoms with Crippen LogP contribution in [0.4, 0.5) is 4.79 Å². The first-order valence-corrected chi connectivity index (χ1v) is 19.5. The van der Waals surface area contributed by atoms with Gasteiger partial charge in [0.15, 0.2) is 0 Å². The van der Waals surface area contributed by atoms with Crippen LogP contribution in [0.1, 0.15) is 101 Å². The molecule has 56 heavy (non-hydrogen) atoms. The van der Waals surface area contributed by atoms with Gasteiger partial charge in [0.2, 0.25) is 18.2 Å². The Morgan fingerprint density at radius 1 is 0.911 bits per heavy atom. The quantitative estimate of drug-likeness (QED) is 0.0458. The molecule has 6 atom stereocenters. The molecule has 6 rings (SSSR count). The maximum absolute atomic E-state index is 13.7. The van der Waals surface area contributed by atoms with Gasteiger partial charge < -0.3 is 34.7 Å². The number of benzene rings is 2. The summed E-state index contributed by atoms with van der Waals surface area (Å²) < 4.78 is 4.80. The number of carbonyl (C=O) groups excluding carboxylic acids is 3. The molecule has 0 radical (unpaired) electrons. The summed E-state index contributed by atoms with van der Waals surface area (Å²) in [5.41, 5.74) is 5.15.